The second-order valence-corrected chi connectivity index (χ2v) is 32.0. The van der Waals surface area contributed by atoms with E-state index < -0.39 is 37.3 Å². The Kier molecular flexibility index (Phi) is 12.3. The van der Waals surface area contributed by atoms with Crippen LogP contribution in [0.4, 0.5) is 10.5 Å². The summed E-state index contributed by atoms with van der Waals surface area (Å²) in [7, 11) is -6.56. The molecule has 1 fully saturated rings. The summed E-state index contributed by atoms with van der Waals surface area (Å²) in [4.78, 5) is 13.2. The van der Waals surface area contributed by atoms with Gasteiger partial charge in [-0.05, 0) is 66.5 Å². The first kappa shape index (κ1) is 37.9. The van der Waals surface area contributed by atoms with Gasteiger partial charge in [-0.2, -0.15) is 0 Å². The van der Waals surface area contributed by atoms with Crippen LogP contribution < -0.4 is 10.6 Å². The Labute approximate surface area is 273 Å². The minimum absolute atomic E-state index is 0.00390. The van der Waals surface area contributed by atoms with Gasteiger partial charge in [-0.3, -0.25) is 0 Å². The maximum Gasteiger partial charge on any atom is 0.321 e. The van der Waals surface area contributed by atoms with Crippen molar-refractivity contribution in [2.24, 2.45) is 0 Å². The van der Waals surface area contributed by atoms with Gasteiger partial charge in [-0.1, -0.05) is 103 Å². The molecule has 0 bridgehead atoms. The molecule has 1 aliphatic heterocycles. The molecule has 11 heteroatoms. The van der Waals surface area contributed by atoms with Gasteiger partial charge < -0.3 is 28.6 Å². The van der Waals surface area contributed by atoms with E-state index in [9.17, 15) is 4.79 Å². The first-order valence-electron chi connectivity index (χ1n) is 15.2. The summed E-state index contributed by atoms with van der Waals surface area (Å²) < 4.78 is 27.8. The van der Waals surface area contributed by atoms with Crippen LogP contribution in [0, 0.1) is 0 Å². The molecule has 2 N–H and O–H groups in total. The Balaban J connectivity index is 2.53. The summed E-state index contributed by atoms with van der Waals surface area (Å²) in [6.07, 6.45) is -1.61. The third-order valence-corrected chi connectivity index (χ3v) is 24.6. The summed E-state index contributed by atoms with van der Waals surface area (Å²) in [5.41, 5.74) is 0.724. The molecule has 1 heterocycles. The van der Waals surface area contributed by atoms with E-state index in [4.69, 9.17) is 18.0 Å². The lowest BCUT2D eigenvalue weighted by Gasteiger charge is -2.52. The topological polar surface area (TPSA) is 78.1 Å². The molecule has 1 aromatic carbocycles. The monoisotopic (exact) mass is 750 g/mol. The number of urea groups is 1. The van der Waals surface area contributed by atoms with E-state index in [0.29, 0.717) is 6.61 Å². The summed E-state index contributed by atoms with van der Waals surface area (Å²) in [6.45, 7) is 34.3. The van der Waals surface area contributed by atoms with Crippen LogP contribution in [0.5, 0.6) is 0 Å². The minimum atomic E-state index is -2.24. The van der Waals surface area contributed by atoms with Crippen LogP contribution in [0.25, 0.3) is 0 Å². The molecular formula is C31H59IN2O5Si3. The number of rotatable bonds is 9. The average Bonchev–Trinajstić information content (AvgIpc) is 2.80. The highest BCUT2D eigenvalue weighted by Crippen LogP contribution is 2.45. The SMILES string of the molecule is CC(C)(C)[Si](C)(C)OC[C@H]1O[C@H](NC(=O)Nc2ccccc2)[C@@H](I)[C@@H](O[Si](C)(C)C(C)(C)C)[C@@H]1O[Si](C)(C)C(C)(C)C. The van der Waals surface area contributed by atoms with Crippen molar-refractivity contribution >= 4 is 59.3 Å². The Morgan fingerprint density at radius 3 is 1.69 bits per heavy atom. The maximum atomic E-state index is 13.2. The van der Waals surface area contributed by atoms with E-state index in [1.807, 2.05) is 30.3 Å². The quantitative estimate of drug-likeness (QED) is 0.150. The van der Waals surface area contributed by atoms with Gasteiger partial charge in [0.05, 0.1) is 22.7 Å². The van der Waals surface area contributed by atoms with E-state index in [0.717, 1.165) is 5.69 Å². The number of ether oxygens (including phenoxy) is 1. The van der Waals surface area contributed by atoms with E-state index in [-0.39, 0.29) is 37.3 Å². The van der Waals surface area contributed by atoms with Gasteiger partial charge in [0.1, 0.15) is 12.3 Å². The predicted octanol–water partition coefficient (Wildman–Crippen LogP) is 9.14. The molecule has 7 nitrogen and oxygen atoms in total. The largest absolute Gasteiger partial charge is 0.414 e. The zero-order chi connectivity index (χ0) is 32.5. The number of hydrogen-bond donors (Lipinski definition) is 2. The van der Waals surface area contributed by atoms with E-state index in [1.54, 1.807) is 0 Å². The minimum Gasteiger partial charge on any atom is -0.414 e. The molecular weight excluding hydrogens is 692 g/mol. The van der Waals surface area contributed by atoms with Crippen molar-refractivity contribution in [1.29, 1.82) is 0 Å². The van der Waals surface area contributed by atoms with Crippen LogP contribution in [-0.4, -0.2) is 66.1 Å². The molecule has 1 aromatic rings. The number of carbonyl (C=O) groups is 1. The molecule has 42 heavy (non-hydrogen) atoms. The molecule has 0 saturated carbocycles. The van der Waals surface area contributed by atoms with Gasteiger partial charge in [-0.15, -0.1) is 0 Å². The standard InChI is InChI=1S/C31H59IN2O5Si3/c1-29(2,3)40(10,11)36-21-23-25(38-41(12,13)30(4,5)6)26(39-42(14,15)31(7,8)9)24(32)27(37-23)34-28(35)33-22-19-17-16-18-20-22/h16-20,23-27H,21H2,1-15H3,(H2,33,34,35)/t23-,24+,25-,26-,27+/m1/s1. The molecule has 2 rings (SSSR count). The van der Waals surface area contributed by atoms with Crippen molar-refractivity contribution in [2.75, 3.05) is 11.9 Å². The number of alkyl halides is 1. The normalized spacial score (nSPS) is 24.8. The number of halogens is 1. The molecule has 0 aromatic heterocycles. The molecule has 242 valence electrons. The van der Waals surface area contributed by atoms with Crippen LogP contribution in [0.1, 0.15) is 62.3 Å². The summed E-state index contributed by atoms with van der Waals surface area (Å²) in [5, 5.41) is 6.11. The Morgan fingerprint density at radius 2 is 1.24 bits per heavy atom. The van der Waals surface area contributed by atoms with Crippen LogP contribution in [-0.2, 0) is 18.0 Å². The highest BCUT2D eigenvalue weighted by molar-refractivity contribution is 14.1. The lowest BCUT2D eigenvalue weighted by molar-refractivity contribution is -0.166. The molecule has 1 saturated heterocycles. The van der Waals surface area contributed by atoms with Gasteiger partial charge in [0.2, 0.25) is 0 Å². The number of anilines is 1. The molecule has 2 amide bonds. The lowest BCUT2D eigenvalue weighted by Crippen LogP contribution is -2.67. The van der Waals surface area contributed by atoms with Crippen molar-refractivity contribution in [3.63, 3.8) is 0 Å². The summed E-state index contributed by atoms with van der Waals surface area (Å²) in [6, 6.07) is 9.14. The second kappa shape index (κ2) is 13.6. The first-order valence-corrected chi connectivity index (χ1v) is 25.2. The molecule has 1 aliphatic rings. The van der Waals surface area contributed by atoms with Crippen molar-refractivity contribution in [2.45, 2.75) is 145 Å². The zero-order valence-corrected chi connectivity index (χ0v) is 34.1. The summed E-state index contributed by atoms with van der Waals surface area (Å²) in [5.74, 6) is 0. The third-order valence-electron chi connectivity index (χ3n) is 9.81. The number of hydrogen-bond acceptors (Lipinski definition) is 5. The fraction of sp³-hybridized carbons (Fsp3) is 0.774. The average molecular weight is 751 g/mol. The maximum absolute atomic E-state index is 13.2. The van der Waals surface area contributed by atoms with Gasteiger partial charge >= 0.3 is 6.03 Å². The highest BCUT2D eigenvalue weighted by Gasteiger charge is 2.54. The van der Waals surface area contributed by atoms with Crippen LogP contribution in [0.2, 0.25) is 54.4 Å². The molecule has 0 radical (unpaired) electrons. The van der Waals surface area contributed by atoms with Gasteiger partial charge in [-0.25, -0.2) is 4.79 Å². The van der Waals surface area contributed by atoms with Crippen molar-refractivity contribution in [3.05, 3.63) is 30.3 Å². The number of amides is 2. The lowest BCUT2D eigenvalue weighted by atomic mass is 10.0. The molecule has 0 spiro atoms. The van der Waals surface area contributed by atoms with Crippen molar-refractivity contribution in [1.82, 2.24) is 5.32 Å². The number of benzene rings is 1. The summed E-state index contributed by atoms with van der Waals surface area (Å²) >= 11 is 2.40. The third kappa shape index (κ3) is 9.61. The fourth-order valence-corrected chi connectivity index (χ4v) is 8.62. The Morgan fingerprint density at radius 1 is 0.786 bits per heavy atom. The first-order chi connectivity index (χ1) is 18.8. The van der Waals surface area contributed by atoms with Gasteiger partial charge in [0.25, 0.3) is 0 Å². The number of para-hydroxylation sites is 1. The fourth-order valence-electron chi connectivity index (χ4n) is 3.79. The van der Waals surface area contributed by atoms with E-state index >= 15 is 0 Å². The van der Waals surface area contributed by atoms with Crippen LogP contribution in [0.15, 0.2) is 30.3 Å². The Hall–Kier alpha value is -0.289. The molecule has 5 atom stereocenters. The molecule has 0 aliphatic carbocycles. The van der Waals surface area contributed by atoms with Gasteiger partial charge in [0.15, 0.2) is 25.0 Å². The van der Waals surface area contributed by atoms with Crippen LogP contribution >= 0.6 is 22.6 Å². The number of carbonyl (C=O) groups excluding carboxylic acids is 1. The Bertz CT molecular complexity index is 1040. The van der Waals surface area contributed by atoms with E-state index in [2.05, 4.69) is 135 Å². The van der Waals surface area contributed by atoms with Gasteiger partial charge in [0, 0.05) is 5.69 Å². The van der Waals surface area contributed by atoms with Crippen LogP contribution in [0.3, 0.4) is 0 Å². The zero-order valence-electron chi connectivity index (χ0n) is 28.9. The van der Waals surface area contributed by atoms with Crippen molar-refractivity contribution < 1.29 is 22.8 Å². The predicted molar refractivity (Wildman–Crippen MR) is 192 cm³/mol. The second-order valence-electron chi connectivity index (χ2n) is 16.3. The van der Waals surface area contributed by atoms with E-state index in [1.165, 1.54) is 0 Å². The number of nitrogens with one attached hydrogen (secondary N) is 2. The highest BCUT2D eigenvalue weighted by atomic mass is 127. The molecule has 0 unspecified atom stereocenters. The van der Waals surface area contributed by atoms with Crippen molar-refractivity contribution in [3.8, 4) is 0 Å². The smallest absolute Gasteiger partial charge is 0.321 e.